The predicted molar refractivity (Wildman–Crippen MR) is 124 cm³/mol. The standard InChI is InChI=1S/C23H28ClFN2O2Si/c1-23(2,3)30(4,5)29-13-12-27-20-11-10-16(24)14-18(20)22(26-15-21(27)28)17-8-6-7-9-19(17)25/h6-11,14H,12-13,15H2,1-5H3. The van der Waals surface area contributed by atoms with Crippen LogP contribution in [-0.2, 0) is 9.22 Å². The second kappa shape index (κ2) is 8.61. The fourth-order valence-electron chi connectivity index (χ4n) is 3.12. The molecule has 0 aliphatic carbocycles. The van der Waals surface area contributed by atoms with E-state index in [1.807, 2.05) is 0 Å². The van der Waals surface area contributed by atoms with Crippen molar-refractivity contribution >= 4 is 37.2 Å². The number of carbonyl (C=O) groups excluding carboxylic acids is 1. The van der Waals surface area contributed by atoms with E-state index < -0.39 is 8.32 Å². The Morgan fingerprint density at radius 3 is 2.53 bits per heavy atom. The summed E-state index contributed by atoms with van der Waals surface area (Å²) in [5.74, 6) is -0.534. The van der Waals surface area contributed by atoms with Gasteiger partial charge in [-0.25, -0.2) is 4.39 Å². The Kier molecular flexibility index (Phi) is 6.50. The Labute approximate surface area is 183 Å². The molecule has 1 amide bonds. The summed E-state index contributed by atoms with van der Waals surface area (Å²) >= 11 is 6.25. The van der Waals surface area contributed by atoms with Crippen LogP contribution in [0.1, 0.15) is 31.9 Å². The molecule has 30 heavy (non-hydrogen) atoms. The van der Waals surface area contributed by atoms with Gasteiger partial charge in [0.05, 0.1) is 18.0 Å². The second-order valence-corrected chi connectivity index (χ2v) is 14.2. The van der Waals surface area contributed by atoms with Crippen LogP contribution >= 0.6 is 11.6 Å². The molecule has 0 saturated heterocycles. The zero-order valence-electron chi connectivity index (χ0n) is 18.1. The number of halogens is 2. The number of anilines is 1. The van der Waals surface area contributed by atoms with Crippen molar-refractivity contribution in [2.24, 2.45) is 4.99 Å². The molecule has 2 aromatic carbocycles. The van der Waals surface area contributed by atoms with Crippen LogP contribution in [0.4, 0.5) is 10.1 Å². The molecule has 160 valence electrons. The van der Waals surface area contributed by atoms with E-state index in [4.69, 9.17) is 16.0 Å². The number of nitrogens with zero attached hydrogens (tertiary/aromatic N) is 2. The van der Waals surface area contributed by atoms with E-state index in [-0.39, 0.29) is 23.3 Å². The number of rotatable bonds is 5. The first-order chi connectivity index (χ1) is 14.0. The van der Waals surface area contributed by atoms with Crippen molar-refractivity contribution in [3.8, 4) is 0 Å². The molecule has 3 rings (SSSR count). The summed E-state index contributed by atoms with van der Waals surface area (Å²) in [6.07, 6.45) is 0. The van der Waals surface area contributed by atoms with Gasteiger partial charge in [0.1, 0.15) is 12.4 Å². The van der Waals surface area contributed by atoms with E-state index in [2.05, 4.69) is 38.9 Å². The zero-order valence-corrected chi connectivity index (χ0v) is 19.9. The molecule has 7 heteroatoms. The van der Waals surface area contributed by atoms with Crippen molar-refractivity contribution in [1.29, 1.82) is 0 Å². The van der Waals surface area contributed by atoms with Gasteiger partial charge in [-0.15, -0.1) is 0 Å². The molecular weight excluding hydrogens is 419 g/mol. The van der Waals surface area contributed by atoms with Crippen LogP contribution in [0.5, 0.6) is 0 Å². The minimum Gasteiger partial charge on any atom is -0.415 e. The highest BCUT2D eigenvalue weighted by Gasteiger charge is 2.37. The van der Waals surface area contributed by atoms with E-state index >= 15 is 0 Å². The zero-order chi connectivity index (χ0) is 22.1. The van der Waals surface area contributed by atoms with E-state index in [0.717, 1.165) is 0 Å². The molecule has 0 N–H and O–H groups in total. The number of fused-ring (bicyclic) bond motifs is 1. The van der Waals surface area contributed by atoms with Gasteiger partial charge >= 0.3 is 0 Å². The van der Waals surface area contributed by atoms with Gasteiger partial charge in [-0.2, -0.15) is 0 Å². The summed E-state index contributed by atoms with van der Waals surface area (Å²) in [5, 5.41) is 0.590. The molecule has 1 aliphatic rings. The fourth-order valence-corrected chi connectivity index (χ4v) is 4.33. The number of hydrogen-bond donors (Lipinski definition) is 0. The van der Waals surface area contributed by atoms with Gasteiger partial charge in [-0.05, 0) is 48.5 Å². The summed E-state index contributed by atoms with van der Waals surface area (Å²) in [5.41, 5.74) is 2.11. The monoisotopic (exact) mass is 446 g/mol. The van der Waals surface area contributed by atoms with Crippen LogP contribution < -0.4 is 4.90 Å². The summed E-state index contributed by atoms with van der Waals surface area (Å²) in [6.45, 7) is 11.7. The highest BCUT2D eigenvalue weighted by atomic mass is 35.5. The first kappa shape index (κ1) is 22.7. The first-order valence-corrected chi connectivity index (χ1v) is 13.3. The molecule has 0 fully saturated rings. The lowest BCUT2D eigenvalue weighted by atomic mass is 9.99. The third kappa shape index (κ3) is 4.66. The Morgan fingerprint density at radius 2 is 1.87 bits per heavy atom. The quantitative estimate of drug-likeness (QED) is 0.554. The molecule has 0 bridgehead atoms. The maximum absolute atomic E-state index is 14.5. The van der Waals surface area contributed by atoms with Crippen molar-refractivity contribution in [2.75, 3.05) is 24.6 Å². The van der Waals surface area contributed by atoms with E-state index in [1.54, 1.807) is 41.3 Å². The van der Waals surface area contributed by atoms with Crippen molar-refractivity contribution in [1.82, 2.24) is 0 Å². The van der Waals surface area contributed by atoms with Crippen molar-refractivity contribution in [3.05, 3.63) is 64.4 Å². The molecule has 1 heterocycles. The Balaban J connectivity index is 1.94. The average molecular weight is 447 g/mol. The van der Waals surface area contributed by atoms with Crippen LogP contribution in [0.25, 0.3) is 0 Å². The molecule has 1 aliphatic heterocycles. The SMILES string of the molecule is CC(C)(C)[Si](C)(C)OCCN1C(=O)CN=C(c2ccccc2F)c2cc(Cl)ccc21. The van der Waals surface area contributed by atoms with Crippen molar-refractivity contribution in [2.45, 2.75) is 38.9 Å². The summed E-state index contributed by atoms with van der Waals surface area (Å²) in [7, 11) is -1.94. The van der Waals surface area contributed by atoms with Gasteiger partial charge in [-0.3, -0.25) is 9.79 Å². The van der Waals surface area contributed by atoms with E-state index in [9.17, 15) is 9.18 Å². The van der Waals surface area contributed by atoms with Crippen molar-refractivity contribution in [3.63, 3.8) is 0 Å². The molecule has 0 spiro atoms. The second-order valence-electron chi connectivity index (χ2n) is 8.96. The third-order valence-corrected chi connectivity index (χ3v) is 10.7. The van der Waals surface area contributed by atoms with E-state index in [0.29, 0.717) is 40.7 Å². The summed E-state index contributed by atoms with van der Waals surface area (Å²) < 4.78 is 20.8. The topological polar surface area (TPSA) is 41.9 Å². The molecule has 0 radical (unpaired) electrons. The number of benzene rings is 2. The highest BCUT2D eigenvalue weighted by Crippen LogP contribution is 2.36. The highest BCUT2D eigenvalue weighted by molar-refractivity contribution is 6.74. The maximum Gasteiger partial charge on any atom is 0.248 e. The fraction of sp³-hybridized carbons (Fsp3) is 0.391. The smallest absolute Gasteiger partial charge is 0.248 e. The molecule has 4 nitrogen and oxygen atoms in total. The van der Waals surface area contributed by atoms with Crippen LogP contribution in [0.3, 0.4) is 0 Å². The van der Waals surface area contributed by atoms with Crippen LogP contribution in [-0.4, -0.2) is 39.6 Å². The van der Waals surface area contributed by atoms with Gasteiger partial charge in [0.25, 0.3) is 0 Å². The van der Waals surface area contributed by atoms with Crippen LogP contribution in [0.2, 0.25) is 23.2 Å². The number of carbonyl (C=O) groups is 1. The lowest BCUT2D eigenvalue weighted by Gasteiger charge is -2.36. The number of hydrogen-bond acceptors (Lipinski definition) is 3. The van der Waals surface area contributed by atoms with Gasteiger partial charge in [-0.1, -0.05) is 44.5 Å². The van der Waals surface area contributed by atoms with Gasteiger partial charge in [0.15, 0.2) is 8.32 Å². The van der Waals surface area contributed by atoms with Crippen molar-refractivity contribution < 1.29 is 13.6 Å². The number of amides is 1. The molecule has 0 atom stereocenters. The van der Waals surface area contributed by atoms with Crippen LogP contribution in [0, 0.1) is 5.82 Å². The Hall–Kier alpha value is -2.02. The average Bonchev–Trinajstić information content (AvgIpc) is 2.78. The number of benzodiazepines with no additional fused rings is 1. The third-order valence-electron chi connectivity index (χ3n) is 5.89. The van der Waals surface area contributed by atoms with Gasteiger partial charge in [0.2, 0.25) is 5.91 Å². The molecular formula is C23H28ClFN2O2Si. The largest absolute Gasteiger partial charge is 0.415 e. The normalized spacial score (nSPS) is 15.0. The maximum atomic E-state index is 14.5. The first-order valence-electron chi connectivity index (χ1n) is 10.0. The molecule has 0 unspecified atom stereocenters. The van der Waals surface area contributed by atoms with E-state index in [1.165, 1.54) is 6.07 Å². The minimum atomic E-state index is -1.94. The summed E-state index contributed by atoms with van der Waals surface area (Å²) in [4.78, 5) is 19.1. The Bertz CT molecular complexity index is 985. The lowest BCUT2D eigenvalue weighted by molar-refractivity contribution is -0.117. The van der Waals surface area contributed by atoms with Gasteiger partial charge in [0, 0.05) is 22.7 Å². The van der Waals surface area contributed by atoms with Gasteiger partial charge < -0.3 is 9.33 Å². The minimum absolute atomic E-state index is 0.0595. The predicted octanol–water partition coefficient (Wildman–Crippen LogP) is 5.68. The Morgan fingerprint density at radius 1 is 1.17 bits per heavy atom. The van der Waals surface area contributed by atoms with Crippen LogP contribution in [0.15, 0.2) is 47.5 Å². The lowest BCUT2D eigenvalue weighted by Crippen LogP contribution is -2.44. The number of aliphatic imine (C=N–C) groups is 1. The molecule has 0 aromatic heterocycles. The molecule has 0 saturated carbocycles. The molecule has 2 aromatic rings. The summed E-state index contributed by atoms with van der Waals surface area (Å²) in [6, 6.07) is 11.7.